The number of aliphatic hydroxyl groups is 1. The van der Waals surface area contributed by atoms with Crippen LogP contribution in [-0.4, -0.2) is 46.7 Å². The number of aromatic nitrogens is 2. The van der Waals surface area contributed by atoms with E-state index in [0.29, 0.717) is 25.9 Å². The molecule has 1 aliphatic rings. The number of carbonyl (C=O) groups excluding carboxylic acids is 1. The Hall–Kier alpha value is -1.34. The molecule has 1 amide bonds. The van der Waals surface area contributed by atoms with Gasteiger partial charge in [0, 0.05) is 38.4 Å². The molecule has 0 saturated carbocycles. The molecule has 1 saturated heterocycles. The summed E-state index contributed by atoms with van der Waals surface area (Å²) >= 11 is 0. The van der Waals surface area contributed by atoms with Crippen LogP contribution in [0.15, 0.2) is 24.3 Å². The van der Waals surface area contributed by atoms with Gasteiger partial charge >= 0.3 is 0 Å². The van der Waals surface area contributed by atoms with Gasteiger partial charge in [-0.05, 0) is 12.1 Å². The summed E-state index contributed by atoms with van der Waals surface area (Å²) in [7, 11) is 0. The van der Waals surface area contributed by atoms with Crippen molar-refractivity contribution in [3.8, 4) is 0 Å². The number of amides is 1. The number of aromatic amines is 1. The molecular formula is C15H22Cl2N4O2. The van der Waals surface area contributed by atoms with Crippen LogP contribution in [0.5, 0.6) is 0 Å². The number of fused-ring (bicyclic) bond motifs is 1. The van der Waals surface area contributed by atoms with Gasteiger partial charge in [-0.15, -0.1) is 24.8 Å². The molecule has 1 fully saturated rings. The molecule has 6 nitrogen and oxygen atoms in total. The number of para-hydroxylation sites is 2. The molecule has 1 aliphatic heterocycles. The molecule has 128 valence electrons. The summed E-state index contributed by atoms with van der Waals surface area (Å²) in [6.45, 7) is 1.89. The minimum atomic E-state index is -0.360. The number of halogens is 2. The summed E-state index contributed by atoms with van der Waals surface area (Å²) < 4.78 is 0. The number of nitrogens with zero attached hydrogens (tertiary/aromatic N) is 1. The number of H-pyrrole nitrogens is 1. The molecule has 1 aromatic heterocycles. The van der Waals surface area contributed by atoms with E-state index >= 15 is 0 Å². The summed E-state index contributed by atoms with van der Waals surface area (Å²) in [5, 5.41) is 15.6. The average Bonchev–Trinajstić information content (AvgIpc) is 3.08. The molecule has 0 aliphatic carbocycles. The molecular weight excluding hydrogens is 339 g/mol. The number of benzene rings is 1. The van der Waals surface area contributed by atoms with Gasteiger partial charge in [-0.3, -0.25) is 4.79 Å². The van der Waals surface area contributed by atoms with Gasteiger partial charge in [0.05, 0.1) is 17.1 Å². The minimum Gasteiger partial charge on any atom is -0.391 e. The predicted molar refractivity (Wildman–Crippen MR) is 94.3 cm³/mol. The number of aryl methyl sites for hydroxylation is 1. The highest BCUT2D eigenvalue weighted by atomic mass is 35.5. The van der Waals surface area contributed by atoms with E-state index in [0.717, 1.165) is 23.4 Å². The number of rotatable bonds is 5. The van der Waals surface area contributed by atoms with E-state index in [4.69, 9.17) is 0 Å². The van der Waals surface area contributed by atoms with Crippen LogP contribution in [0.4, 0.5) is 0 Å². The lowest BCUT2D eigenvalue weighted by molar-refractivity contribution is -0.121. The van der Waals surface area contributed by atoms with Gasteiger partial charge in [0.25, 0.3) is 0 Å². The first-order valence-electron chi connectivity index (χ1n) is 7.31. The zero-order valence-corrected chi connectivity index (χ0v) is 14.3. The van der Waals surface area contributed by atoms with Crippen molar-refractivity contribution in [1.29, 1.82) is 0 Å². The second-order valence-corrected chi connectivity index (χ2v) is 5.49. The third-order valence-electron chi connectivity index (χ3n) is 3.89. The van der Waals surface area contributed by atoms with Crippen LogP contribution < -0.4 is 10.6 Å². The summed E-state index contributed by atoms with van der Waals surface area (Å²) in [6.07, 6.45) is 0.628. The van der Waals surface area contributed by atoms with E-state index in [1.807, 2.05) is 24.3 Å². The van der Waals surface area contributed by atoms with E-state index in [2.05, 4.69) is 20.6 Å². The van der Waals surface area contributed by atoms with Crippen LogP contribution in [0, 0.1) is 5.92 Å². The highest BCUT2D eigenvalue weighted by Gasteiger charge is 2.24. The first kappa shape index (κ1) is 19.7. The average molecular weight is 361 g/mol. The Morgan fingerprint density at radius 2 is 2.09 bits per heavy atom. The highest BCUT2D eigenvalue weighted by molar-refractivity contribution is 5.85. The number of nitrogens with one attached hydrogen (secondary N) is 3. The smallest absolute Gasteiger partial charge is 0.220 e. The number of aliphatic hydroxyl groups excluding tert-OH is 1. The van der Waals surface area contributed by atoms with Crippen molar-refractivity contribution in [2.24, 2.45) is 5.92 Å². The number of imidazole rings is 1. The van der Waals surface area contributed by atoms with Crippen LogP contribution in [-0.2, 0) is 11.2 Å². The van der Waals surface area contributed by atoms with Gasteiger partial charge in [-0.2, -0.15) is 0 Å². The van der Waals surface area contributed by atoms with Crippen LogP contribution in [0.3, 0.4) is 0 Å². The third-order valence-corrected chi connectivity index (χ3v) is 3.89. The van der Waals surface area contributed by atoms with E-state index in [9.17, 15) is 9.90 Å². The maximum absolute atomic E-state index is 11.8. The van der Waals surface area contributed by atoms with Crippen molar-refractivity contribution in [2.45, 2.75) is 18.9 Å². The van der Waals surface area contributed by atoms with E-state index in [1.165, 1.54) is 0 Å². The molecule has 2 atom stereocenters. The van der Waals surface area contributed by atoms with Crippen molar-refractivity contribution >= 4 is 41.8 Å². The van der Waals surface area contributed by atoms with Crippen molar-refractivity contribution in [2.75, 3.05) is 19.6 Å². The second-order valence-electron chi connectivity index (χ2n) is 5.49. The second kappa shape index (κ2) is 9.08. The molecule has 0 spiro atoms. The fourth-order valence-corrected chi connectivity index (χ4v) is 2.62. The van der Waals surface area contributed by atoms with Gasteiger partial charge < -0.3 is 20.7 Å². The SMILES string of the molecule is Cl.Cl.O=C(CCc1nc2ccccc2[nH]1)NCC1CNCC1O. The maximum Gasteiger partial charge on any atom is 0.220 e. The van der Waals surface area contributed by atoms with Crippen LogP contribution in [0.25, 0.3) is 11.0 Å². The first-order chi connectivity index (χ1) is 10.2. The van der Waals surface area contributed by atoms with Crippen molar-refractivity contribution in [3.63, 3.8) is 0 Å². The van der Waals surface area contributed by atoms with Gasteiger partial charge in [0.2, 0.25) is 5.91 Å². The number of β-amino-alcohol motifs (C(OH)–C–C–N with tert-alkyl or cyclic N) is 1. The Bertz CT molecular complexity index is 602. The molecule has 2 unspecified atom stereocenters. The Labute approximate surface area is 147 Å². The lowest BCUT2D eigenvalue weighted by Gasteiger charge is -2.13. The molecule has 4 N–H and O–H groups in total. The monoisotopic (exact) mass is 360 g/mol. The Kier molecular flexibility index (Phi) is 7.78. The first-order valence-corrected chi connectivity index (χ1v) is 7.31. The quantitative estimate of drug-likeness (QED) is 0.641. The highest BCUT2D eigenvalue weighted by Crippen LogP contribution is 2.11. The molecule has 3 rings (SSSR count). The summed E-state index contributed by atoms with van der Waals surface area (Å²) in [5.41, 5.74) is 1.92. The fourth-order valence-electron chi connectivity index (χ4n) is 2.62. The van der Waals surface area contributed by atoms with Crippen LogP contribution in [0.2, 0.25) is 0 Å². The Morgan fingerprint density at radius 3 is 2.78 bits per heavy atom. The van der Waals surface area contributed by atoms with E-state index in [-0.39, 0.29) is 42.7 Å². The molecule has 0 bridgehead atoms. The number of hydrogen-bond acceptors (Lipinski definition) is 4. The topological polar surface area (TPSA) is 90.0 Å². The van der Waals surface area contributed by atoms with Gasteiger partial charge in [-0.1, -0.05) is 12.1 Å². The normalized spacial score (nSPS) is 19.9. The van der Waals surface area contributed by atoms with Crippen LogP contribution in [0.1, 0.15) is 12.2 Å². The number of hydrogen-bond donors (Lipinski definition) is 4. The van der Waals surface area contributed by atoms with E-state index in [1.54, 1.807) is 0 Å². The summed E-state index contributed by atoms with van der Waals surface area (Å²) in [6, 6.07) is 7.82. The largest absolute Gasteiger partial charge is 0.391 e. The zero-order valence-electron chi connectivity index (χ0n) is 12.6. The standard InChI is InChI=1S/C15H20N4O2.2ClH/c20-13-9-16-7-10(13)8-17-15(21)6-5-14-18-11-3-1-2-4-12(11)19-14;;/h1-4,10,13,16,20H,5-9H2,(H,17,21)(H,18,19);2*1H. The van der Waals surface area contributed by atoms with Gasteiger partial charge in [0.1, 0.15) is 5.82 Å². The molecule has 8 heteroatoms. The summed E-state index contributed by atoms with van der Waals surface area (Å²) in [4.78, 5) is 19.5. The third kappa shape index (κ3) is 5.07. The maximum atomic E-state index is 11.8. The van der Waals surface area contributed by atoms with Crippen LogP contribution >= 0.6 is 24.8 Å². The van der Waals surface area contributed by atoms with Crippen molar-refractivity contribution in [3.05, 3.63) is 30.1 Å². The van der Waals surface area contributed by atoms with Gasteiger partial charge in [0.15, 0.2) is 0 Å². The van der Waals surface area contributed by atoms with Crippen molar-refractivity contribution < 1.29 is 9.90 Å². The number of carbonyl (C=O) groups is 1. The molecule has 2 aromatic rings. The lowest BCUT2D eigenvalue weighted by Crippen LogP contribution is -2.34. The minimum absolute atomic E-state index is 0. The lowest BCUT2D eigenvalue weighted by atomic mass is 10.1. The molecule has 2 heterocycles. The Morgan fingerprint density at radius 1 is 1.30 bits per heavy atom. The molecule has 0 radical (unpaired) electrons. The molecule has 23 heavy (non-hydrogen) atoms. The molecule has 1 aromatic carbocycles. The predicted octanol–water partition coefficient (Wildman–Crippen LogP) is 1.04. The van der Waals surface area contributed by atoms with E-state index < -0.39 is 0 Å². The zero-order chi connectivity index (χ0) is 14.7. The Balaban J connectivity index is 0.00000132. The fraction of sp³-hybridized carbons (Fsp3) is 0.467. The van der Waals surface area contributed by atoms with Gasteiger partial charge in [-0.25, -0.2) is 4.98 Å². The summed E-state index contributed by atoms with van der Waals surface area (Å²) in [5.74, 6) is 0.934. The van der Waals surface area contributed by atoms with Crippen molar-refractivity contribution in [1.82, 2.24) is 20.6 Å².